The molecule has 4 heteroatoms. The van der Waals surface area contributed by atoms with Crippen LogP contribution in [0, 0.1) is 0 Å². The molecule has 0 unspecified atom stereocenters. The van der Waals surface area contributed by atoms with Crippen molar-refractivity contribution in [3.8, 4) is 5.75 Å². The first-order chi connectivity index (χ1) is 13.0. The molecule has 1 aliphatic rings. The first-order valence-electron chi connectivity index (χ1n) is 9.85. The van der Waals surface area contributed by atoms with Gasteiger partial charge in [0, 0.05) is 18.1 Å². The molecule has 3 nitrogen and oxygen atoms in total. The lowest BCUT2D eigenvalue weighted by molar-refractivity contribution is 0.119. The van der Waals surface area contributed by atoms with E-state index in [2.05, 4.69) is 0 Å². The molecular weight excluding hydrogens is 356 g/mol. The zero-order chi connectivity index (χ0) is 20.0. The quantitative estimate of drug-likeness (QED) is 0.678. The largest absolute Gasteiger partial charge is 0.487 e. The summed E-state index contributed by atoms with van der Waals surface area (Å²) in [4.78, 5) is 0. The van der Waals surface area contributed by atoms with Crippen LogP contribution >= 0.6 is 11.6 Å². The summed E-state index contributed by atoms with van der Waals surface area (Å²) < 4.78 is 5.63. The summed E-state index contributed by atoms with van der Waals surface area (Å²) in [7, 11) is 0. The second-order valence-electron chi connectivity index (χ2n) is 7.33. The highest BCUT2D eigenvalue weighted by molar-refractivity contribution is 6.30. The van der Waals surface area contributed by atoms with Gasteiger partial charge in [-0.3, -0.25) is 0 Å². The normalized spacial score (nSPS) is 13.5. The fourth-order valence-electron chi connectivity index (χ4n) is 2.53. The van der Waals surface area contributed by atoms with Gasteiger partial charge in [-0.05, 0) is 43.7 Å². The first kappa shape index (κ1) is 23.5. The summed E-state index contributed by atoms with van der Waals surface area (Å²) in [6.45, 7) is 5.04. The maximum Gasteiger partial charge on any atom is 0.120 e. The van der Waals surface area contributed by atoms with E-state index in [4.69, 9.17) is 27.8 Å². The van der Waals surface area contributed by atoms with Crippen molar-refractivity contribution in [2.24, 2.45) is 11.5 Å². The number of para-hydroxylation sites is 1. The Hall–Kier alpha value is -1.55. The predicted molar refractivity (Wildman–Crippen MR) is 117 cm³/mol. The van der Waals surface area contributed by atoms with Crippen LogP contribution in [0.5, 0.6) is 5.75 Å². The van der Waals surface area contributed by atoms with E-state index in [0.717, 1.165) is 16.3 Å². The van der Waals surface area contributed by atoms with E-state index in [-0.39, 0.29) is 5.60 Å². The molecule has 0 atom stereocenters. The second-order valence-corrected chi connectivity index (χ2v) is 7.77. The van der Waals surface area contributed by atoms with Crippen LogP contribution in [0.25, 0.3) is 0 Å². The fourth-order valence-corrected chi connectivity index (χ4v) is 2.66. The maximum atomic E-state index is 5.63. The Morgan fingerprint density at radius 2 is 1.30 bits per heavy atom. The third kappa shape index (κ3) is 11.7. The molecule has 0 radical (unpaired) electrons. The number of ether oxygens (including phenoxy) is 1. The minimum Gasteiger partial charge on any atom is -0.487 e. The van der Waals surface area contributed by atoms with Gasteiger partial charge in [0.2, 0.25) is 0 Å². The molecule has 150 valence electrons. The topological polar surface area (TPSA) is 61.3 Å². The van der Waals surface area contributed by atoms with E-state index in [1.54, 1.807) is 0 Å². The number of rotatable bonds is 4. The zero-order valence-electron chi connectivity index (χ0n) is 16.8. The van der Waals surface area contributed by atoms with Crippen molar-refractivity contribution < 1.29 is 4.74 Å². The van der Waals surface area contributed by atoms with E-state index in [9.17, 15) is 0 Å². The summed E-state index contributed by atoms with van der Waals surface area (Å²) in [5.41, 5.74) is 11.7. The molecule has 0 heterocycles. The number of nitrogens with two attached hydrogens (primary N) is 2. The van der Waals surface area contributed by atoms with Gasteiger partial charge in [-0.25, -0.2) is 0 Å². The van der Waals surface area contributed by atoms with Gasteiger partial charge in [-0.2, -0.15) is 0 Å². The van der Waals surface area contributed by atoms with Crippen molar-refractivity contribution in [3.05, 3.63) is 65.2 Å². The molecule has 0 amide bonds. The van der Waals surface area contributed by atoms with Crippen LogP contribution in [0.3, 0.4) is 0 Å². The molecule has 2 aromatic rings. The number of hydrogen-bond acceptors (Lipinski definition) is 3. The molecule has 1 aliphatic carbocycles. The summed E-state index contributed by atoms with van der Waals surface area (Å²) in [5.74, 6) is 0.868. The minimum atomic E-state index is -0.276. The monoisotopic (exact) mass is 390 g/mol. The van der Waals surface area contributed by atoms with E-state index in [1.165, 1.54) is 38.5 Å². The summed E-state index contributed by atoms with van der Waals surface area (Å²) in [5, 5.41) is 0.757. The first-order valence-corrected chi connectivity index (χ1v) is 10.2. The standard InChI is InChI=1S/C10H15NO.C7H8ClN.C6H12/c1-10(2,8-11)12-9-6-4-3-5-7-9;8-7-3-1-6(5-9)2-4-7;1-2-4-6-5-3-1/h3-7H,8,11H2,1-2H3;1-4H,5,9H2;1-6H2. The SMILES string of the molecule is C1CCCCC1.CC(C)(CN)Oc1ccccc1.NCc1ccc(Cl)cc1. The Balaban J connectivity index is 0.000000214. The summed E-state index contributed by atoms with van der Waals surface area (Å²) in [6.07, 6.45) is 9.00. The summed E-state index contributed by atoms with van der Waals surface area (Å²) >= 11 is 5.63. The Bertz CT molecular complexity index is 584. The van der Waals surface area contributed by atoms with Crippen LogP contribution in [0.2, 0.25) is 5.02 Å². The molecule has 0 bridgehead atoms. The Morgan fingerprint density at radius 1 is 0.815 bits per heavy atom. The molecule has 27 heavy (non-hydrogen) atoms. The van der Waals surface area contributed by atoms with E-state index < -0.39 is 0 Å². The van der Waals surface area contributed by atoms with Gasteiger partial charge in [-0.15, -0.1) is 0 Å². The highest BCUT2D eigenvalue weighted by atomic mass is 35.5. The van der Waals surface area contributed by atoms with Crippen molar-refractivity contribution in [1.29, 1.82) is 0 Å². The van der Waals surface area contributed by atoms with Crippen LogP contribution in [-0.2, 0) is 6.54 Å². The molecule has 4 N–H and O–H groups in total. The average Bonchev–Trinajstić information content (AvgIpc) is 2.71. The number of halogens is 1. The third-order valence-corrected chi connectivity index (χ3v) is 4.53. The molecule has 0 saturated heterocycles. The number of hydrogen-bond donors (Lipinski definition) is 2. The fraction of sp³-hybridized carbons (Fsp3) is 0.478. The van der Waals surface area contributed by atoms with Crippen LogP contribution in [0.4, 0.5) is 0 Å². The summed E-state index contributed by atoms with van der Waals surface area (Å²) in [6, 6.07) is 17.2. The molecular formula is C23H35ClN2O. The van der Waals surface area contributed by atoms with Gasteiger partial charge in [0.15, 0.2) is 0 Å². The molecule has 1 saturated carbocycles. The maximum absolute atomic E-state index is 5.63. The highest BCUT2D eigenvalue weighted by Gasteiger charge is 2.16. The average molecular weight is 391 g/mol. The van der Waals surface area contributed by atoms with Crippen LogP contribution < -0.4 is 16.2 Å². The smallest absolute Gasteiger partial charge is 0.120 e. The lowest BCUT2D eigenvalue weighted by Gasteiger charge is -2.24. The van der Waals surface area contributed by atoms with Crippen molar-refractivity contribution in [1.82, 2.24) is 0 Å². The zero-order valence-corrected chi connectivity index (χ0v) is 17.5. The van der Waals surface area contributed by atoms with Gasteiger partial charge in [-0.1, -0.05) is 80.5 Å². The highest BCUT2D eigenvalue weighted by Crippen LogP contribution is 2.16. The van der Waals surface area contributed by atoms with Crippen molar-refractivity contribution >= 4 is 11.6 Å². The minimum absolute atomic E-state index is 0.276. The molecule has 2 aromatic carbocycles. The molecule has 0 aliphatic heterocycles. The van der Waals surface area contributed by atoms with E-state index >= 15 is 0 Å². The second kappa shape index (κ2) is 13.6. The van der Waals surface area contributed by atoms with Crippen LogP contribution in [0.15, 0.2) is 54.6 Å². The van der Waals surface area contributed by atoms with Gasteiger partial charge in [0.05, 0.1) is 0 Å². The van der Waals surface area contributed by atoms with Crippen molar-refractivity contribution in [2.45, 2.75) is 64.5 Å². The Kier molecular flexibility index (Phi) is 11.8. The predicted octanol–water partition coefficient (Wildman–Crippen LogP) is 5.94. The van der Waals surface area contributed by atoms with Crippen molar-refractivity contribution in [3.63, 3.8) is 0 Å². The lowest BCUT2D eigenvalue weighted by atomic mass is 10.0. The van der Waals surface area contributed by atoms with Gasteiger partial charge < -0.3 is 16.2 Å². The number of benzene rings is 2. The van der Waals surface area contributed by atoms with E-state index in [0.29, 0.717) is 13.1 Å². The van der Waals surface area contributed by atoms with Crippen LogP contribution in [0.1, 0.15) is 57.9 Å². The van der Waals surface area contributed by atoms with Gasteiger partial charge >= 0.3 is 0 Å². The van der Waals surface area contributed by atoms with Gasteiger partial charge in [0.1, 0.15) is 11.4 Å². The van der Waals surface area contributed by atoms with Crippen molar-refractivity contribution in [2.75, 3.05) is 6.54 Å². The molecule has 0 aromatic heterocycles. The molecule has 0 spiro atoms. The molecule has 1 fully saturated rings. The van der Waals surface area contributed by atoms with Crippen LogP contribution in [-0.4, -0.2) is 12.1 Å². The van der Waals surface area contributed by atoms with Gasteiger partial charge in [0.25, 0.3) is 0 Å². The Labute approximate surface area is 170 Å². The van der Waals surface area contributed by atoms with E-state index in [1.807, 2.05) is 68.4 Å². The lowest BCUT2D eigenvalue weighted by Crippen LogP contribution is -2.37. The third-order valence-electron chi connectivity index (χ3n) is 4.28. The Morgan fingerprint density at radius 3 is 1.70 bits per heavy atom. The molecule has 3 rings (SSSR count).